The van der Waals surface area contributed by atoms with Gasteiger partial charge in [0, 0.05) is 12.2 Å². The zero-order valence-corrected chi connectivity index (χ0v) is 11.3. The van der Waals surface area contributed by atoms with Crippen molar-refractivity contribution >= 4 is 11.7 Å². The number of nitrogens with one attached hydrogen (secondary N) is 1. The Balaban J connectivity index is 2.73. The van der Waals surface area contributed by atoms with Gasteiger partial charge in [0.25, 0.3) is 0 Å². The van der Waals surface area contributed by atoms with E-state index in [1.54, 1.807) is 0 Å². The number of benzene rings is 1. The van der Waals surface area contributed by atoms with E-state index in [4.69, 9.17) is 10.5 Å². The van der Waals surface area contributed by atoms with Gasteiger partial charge >= 0.3 is 5.97 Å². The number of rotatable bonds is 6. The number of nitrogens with two attached hydrogens (primary N) is 1. The standard InChI is InChI=1S/C14H22N2O2/c1-4-18-14(17)13(10(2)3)16-12-7-5-11(9-15)6-8-12/h5-8,10,13,16H,4,9,15H2,1-3H3/t13-/m1/s1. The van der Waals surface area contributed by atoms with Gasteiger partial charge in [0.05, 0.1) is 6.61 Å². The molecule has 1 rings (SSSR count). The van der Waals surface area contributed by atoms with Gasteiger partial charge in [-0.3, -0.25) is 0 Å². The predicted octanol–water partition coefficient (Wildman–Crippen LogP) is 2.14. The van der Waals surface area contributed by atoms with Gasteiger partial charge in [0.1, 0.15) is 6.04 Å². The van der Waals surface area contributed by atoms with E-state index in [0.717, 1.165) is 11.3 Å². The van der Waals surface area contributed by atoms with Crippen molar-refractivity contribution in [3.63, 3.8) is 0 Å². The Hall–Kier alpha value is -1.55. The molecule has 1 atom stereocenters. The quantitative estimate of drug-likeness (QED) is 0.759. The highest BCUT2D eigenvalue weighted by molar-refractivity contribution is 5.79. The number of ether oxygens (including phenoxy) is 1. The fraction of sp³-hybridized carbons (Fsp3) is 0.500. The zero-order valence-electron chi connectivity index (χ0n) is 11.3. The van der Waals surface area contributed by atoms with E-state index in [9.17, 15) is 4.79 Å². The lowest BCUT2D eigenvalue weighted by molar-refractivity contribution is -0.145. The van der Waals surface area contributed by atoms with E-state index in [0.29, 0.717) is 13.2 Å². The van der Waals surface area contributed by atoms with Crippen LogP contribution in [-0.4, -0.2) is 18.6 Å². The second-order valence-corrected chi connectivity index (χ2v) is 4.52. The molecule has 3 N–H and O–H groups in total. The van der Waals surface area contributed by atoms with Crippen LogP contribution in [0, 0.1) is 5.92 Å². The summed E-state index contributed by atoms with van der Waals surface area (Å²) in [6.07, 6.45) is 0. The van der Waals surface area contributed by atoms with Crippen molar-refractivity contribution in [2.45, 2.75) is 33.4 Å². The molecular weight excluding hydrogens is 228 g/mol. The molecule has 0 aliphatic heterocycles. The molecule has 0 saturated carbocycles. The van der Waals surface area contributed by atoms with Gasteiger partial charge in [-0.05, 0) is 30.5 Å². The van der Waals surface area contributed by atoms with Crippen LogP contribution in [0.1, 0.15) is 26.3 Å². The highest BCUT2D eigenvalue weighted by Gasteiger charge is 2.23. The van der Waals surface area contributed by atoms with Crippen LogP contribution in [0.2, 0.25) is 0 Å². The Morgan fingerprint density at radius 3 is 2.39 bits per heavy atom. The first-order chi connectivity index (χ1) is 8.58. The molecule has 0 unspecified atom stereocenters. The van der Waals surface area contributed by atoms with Crippen molar-refractivity contribution in [1.29, 1.82) is 0 Å². The lowest BCUT2D eigenvalue weighted by Gasteiger charge is -2.21. The van der Waals surface area contributed by atoms with E-state index in [-0.39, 0.29) is 17.9 Å². The average molecular weight is 250 g/mol. The molecular formula is C14H22N2O2. The molecule has 0 aromatic heterocycles. The van der Waals surface area contributed by atoms with Gasteiger partial charge in [-0.1, -0.05) is 26.0 Å². The van der Waals surface area contributed by atoms with Crippen LogP contribution in [0.15, 0.2) is 24.3 Å². The second kappa shape index (κ2) is 7.01. The second-order valence-electron chi connectivity index (χ2n) is 4.52. The Bertz CT molecular complexity index is 374. The number of hydrogen-bond donors (Lipinski definition) is 2. The van der Waals surface area contributed by atoms with Gasteiger partial charge in [0.2, 0.25) is 0 Å². The van der Waals surface area contributed by atoms with Crippen LogP contribution in [0.3, 0.4) is 0 Å². The summed E-state index contributed by atoms with van der Waals surface area (Å²) in [5, 5.41) is 3.20. The minimum absolute atomic E-state index is 0.165. The number of esters is 1. The van der Waals surface area contributed by atoms with Crippen LogP contribution >= 0.6 is 0 Å². The summed E-state index contributed by atoms with van der Waals surface area (Å²) in [4.78, 5) is 11.8. The topological polar surface area (TPSA) is 64.3 Å². The van der Waals surface area contributed by atoms with Crippen molar-refractivity contribution in [3.8, 4) is 0 Å². The molecule has 0 fully saturated rings. The maximum Gasteiger partial charge on any atom is 0.328 e. The Kier molecular flexibility index (Phi) is 5.65. The highest BCUT2D eigenvalue weighted by atomic mass is 16.5. The third-order valence-electron chi connectivity index (χ3n) is 2.72. The summed E-state index contributed by atoms with van der Waals surface area (Å²) < 4.78 is 5.06. The lowest BCUT2D eigenvalue weighted by Crippen LogP contribution is -2.36. The molecule has 0 saturated heterocycles. The third kappa shape index (κ3) is 4.04. The number of hydrogen-bond acceptors (Lipinski definition) is 4. The van der Waals surface area contributed by atoms with E-state index in [2.05, 4.69) is 5.32 Å². The molecule has 0 amide bonds. The Morgan fingerprint density at radius 1 is 1.33 bits per heavy atom. The first-order valence-electron chi connectivity index (χ1n) is 6.30. The van der Waals surface area contributed by atoms with E-state index < -0.39 is 0 Å². The monoisotopic (exact) mass is 250 g/mol. The maximum absolute atomic E-state index is 11.8. The largest absolute Gasteiger partial charge is 0.464 e. The van der Waals surface area contributed by atoms with Crippen LogP contribution in [0.5, 0.6) is 0 Å². The third-order valence-corrected chi connectivity index (χ3v) is 2.72. The van der Waals surface area contributed by atoms with Crippen molar-refractivity contribution in [2.75, 3.05) is 11.9 Å². The number of carbonyl (C=O) groups is 1. The first-order valence-corrected chi connectivity index (χ1v) is 6.30. The van der Waals surface area contributed by atoms with Gasteiger partial charge < -0.3 is 15.8 Å². The average Bonchev–Trinajstić information content (AvgIpc) is 2.36. The molecule has 4 nitrogen and oxygen atoms in total. The molecule has 0 aliphatic rings. The molecule has 100 valence electrons. The Labute approximate surface area is 109 Å². The van der Waals surface area contributed by atoms with Crippen LogP contribution in [0.4, 0.5) is 5.69 Å². The van der Waals surface area contributed by atoms with Gasteiger partial charge in [-0.15, -0.1) is 0 Å². The summed E-state index contributed by atoms with van der Waals surface area (Å²) in [6, 6.07) is 7.43. The SMILES string of the molecule is CCOC(=O)[C@H](Nc1ccc(CN)cc1)C(C)C. The summed E-state index contributed by atoms with van der Waals surface area (Å²) >= 11 is 0. The van der Waals surface area contributed by atoms with E-state index >= 15 is 0 Å². The smallest absolute Gasteiger partial charge is 0.328 e. The minimum atomic E-state index is -0.325. The molecule has 0 spiro atoms. The molecule has 1 aromatic carbocycles. The molecule has 0 aliphatic carbocycles. The first kappa shape index (κ1) is 14.5. The minimum Gasteiger partial charge on any atom is -0.464 e. The summed E-state index contributed by atoms with van der Waals surface area (Å²) in [7, 11) is 0. The van der Waals surface area contributed by atoms with Crippen molar-refractivity contribution in [3.05, 3.63) is 29.8 Å². The molecule has 4 heteroatoms. The van der Waals surface area contributed by atoms with Crippen molar-refractivity contribution in [2.24, 2.45) is 11.7 Å². The number of carbonyl (C=O) groups excluding carboxylic acids is 1. The molecule has 18 heavy (non-hydrogen) atoms. The normalized spacial score (nSPS) is 12.3. The molecule has 0 heterocycles. The van der Waals surface area contributed by atoms with Gasteiger partial charge in [-0.2, -0.15) is 0 Å². The molecule has 1 aromatic rings. The van der Waals surface area contributed by atoms with Crippen molar-refractivity contribution in [1.82, 2.24) is 0 Å². The fourth-order valence-corrected chi connectivity index (χ4v) is 1.65. The van der Waals surface area contributed by atoms with E-state index in [1.807, 2.05) is 45.0 Å². The summed E-state index contributed by atoms with van der Waals surface area (Å²) in [6.45, 7) is 6.71. The molecule has 0 bridgehead atoms. The highest BCUT2D eigenvalue weighted by Crippen LogP contribution is 2.15. The zero-order chi connectivity index (χ0) is 13.5. The fourth-order valence-electron chi connectivity index (χ4n) is 1.65. The van der Waals surface area contributed by atoms with Crippen LogP contribution in [-0.2, 0) is 16.1 Å². The van der Waals surface area contributed by atoms with Gasteiger partial charge in [0.15, 0.2) is 0 Å². The van der Waals surface area contributed by atoms with Crippen LogP contribution in [0.25, 0.3) is 0 Å². The summed E-state index contributed by atoms with van der Waals surface area (Å²) in [5.74, 6) is -0.0476. The lowest BCUT2D eigenvalue weighted by atomic mass is 10.0. The van der Waals surface area contributed by atoms with E-state index in [1.165, 1.54) is 0 Å². The number of anilines is 1. The van der Waals surface area contributed by atoms with Crippen molar-refractivity contribution < 1.29 is 9.53 Å². The maximum atomic E-state index is 11.8. The van der Waals surface area contributed by atoms with Gasteiger partial charge in [-0.25, -0.2) is 4.79 Å². The summed E-state index contributed by atoms with van der Waals surface area (Å²) in [5.41, 5.74) is 7.51. The predicted molar refractivity (Wildman–Crippen MR) is 73.2 cm³/mol. The Morgan fingerprint density at radius 2 is 1.94 bits per heavy atom. The molecule has 0 radical (unpaired) electrons. The van der Waals surface area contributed by atoms with Crippen LogP contribution < -0.4 is 11.1 Å².